The molecule has 1 aromatic carbocycles. The van der Waals surface area contributed by atoms with E-state index in [1.807, 2.05) is 11.8 Å². The van der Waals surface area contributed by atoms with Gasteiger partial charge in [-0.15, -0.1) is 10.2 Å². The van der Waals surface area contributed by atoms with E-state index in [0.29, 0.717) is 38.0 Å². The third-order valence-electron chi connectivity index (χ3n) is 7.70. The highest BCUT2D eigenvalue weighted by atomic mass is 32.2. The minimum atomic E-state index is -0.394. The second-order valence-corrected chi connectivity index (χ2v) is 11.1. The molecule has 3 fully saturated rings. The van der Waals surface area contributed by atoms with Gasteiger partial charge in [0.25, 0.3) is 0 Å². The maximum Gasteiger partial charge on any atom is 0.236 e. The van der Waals surface area contributed by atoms with Crippen LogP contribution in [-0.4, -0.2) is 57.1 Å². The lowest BCUT2D eigenvalue weighted by molar-refractivity contribution is -0.134. The van der Waals surface area contributed by atoms with Crippen LogP contribution in [0.2, 0.25) is 0 Å². The fourth-order valence-corrected chi connectivity index (χ4v) is 6.96. The lowest BCUT2D eigenvalue weighted by Gasteiger charge is -2.31. The molecule has 7 nitrogen and oxygen atoms in total. The number of fused-ring (bicyclic) bond motifs is 2. The molecule has 2 saturated carbocycles. The fourth-order valence-electron chi connectivity index (χ4n) is 5.92. The number of amides is 1. The van der Waals surface area contributed by atoms with Crippen molar-refractivity contribution in [3.8, 4) is 5.75 Å². The Kier molecular flexibility index (Phi) is 7.11. The molecule has 1 aromatic heterocycles. The first-order valence-corrected chi connectivity index (χ1v) is 13.2. The Labute approximate surface area is 204 Å². The summed E-state index contributed by atoms with van der Waals surface area (Å²) < 4.78 is 27.5. The van der Waals surface area contributed by atoms with Gasteiger partial charge < -0.3 is 14.4 Å². The quantitative estimate of drug-likeness (QED) is 0.515. The van der Waals surface area contributed by atoms with Gasteiger partial charge in [0.2, 0.25) is 5.91 Å². The second kappa shape index (κ2) is 10.2. The van der Waals surface area contributed by atoms with E-state index >= 15 is 0 Å². The lowest BCUT2D eigenvalue weighted by atomic mass is 9.84. The molecule has 0 radical (unpaired) electrons. The van der Waals surface area contributed by atoms with Gasteiger partial charge in [0.1, 0.15) is 6.61 Å². The topological polar surface area (TPSA) is 69.5 Å². The number of hydrogen-bond acceptors (Lipinski definition) is 6. The van der Waals surface area contributed by atoms with E-state index < -0.39 is 5.82 Å². The maximum absolute atomic E-state index is 14.1. The third kappa shape index (κ3) is 4.82. The van der Waals surface area contributed by atoms with Crippen LogP contribution < -0.4 is 4.74 Å². The number of benzene rings is 1. The Morgan fingerprint density at radius 3 is 2.71 bits per heavy atom. The van der Waals surface area contributed by atoms with Gasteiger partial charge in [0.15, 0.2) is 22.5 Å². The zero-order valence-corrected chi connectivity index (χ0v) is 20.7. The fraction of sp³-hybridized carbons (Fsp3) is 0.640. The molecule has 5 atom stereocenters. The van der Waals surface area contributed by atoms with Gasteiger partial charge in [-0.05, 0) is 63.0 Å². The molecule has 2 aliphatic carbocycles. The summed E-state index contributed by atoms with van der Waals surface area (Å²) in [6, 6.07) is 6.59. The third-order valence-corrected chi connectivity index (χ3v) is 8.75. The molecule has 2 aromatic rings. The first-order chi connectivity index (χ1) is 16.5. The van der Waals surface area contributed by atoms with Crippen LogP contribution in [0.15, 0.2) is 29.4 Å². The summed E-state index contributed by atoms with van der Waals surface area (Å²) >= 11 is 1.45. The van der Waals surface area contributed by atoms with Gasteiger partial charge in [-0.2, -0.15) is 0 Å². The van der Waals surface area contributed by atoms with Crippen molar-refractivity contribution in [2.75, 3.05) is 26.3 Å². The van der Waals surface area contributed by atoms with Gasteiger partial charge in [-0.3, -0.25) is 9.36 Å². The number of thioether (sulfide) groups is 1. The number of hydrogen-bond donors (Lipinski definition) is 0. The molecule has 3 aliphatic rings. The zero-order chi connectivity index (χ0) is 23.7. The second-order valence-electron chi connectivity index (χ2n) is 9.76. The summed E-state index contributed by atoms with van der Waals surface area (Å²) in [5.74, 6) is 2.69. The van der Waals surface area contributed by atoms with Crippen molar-refractivity contribution >= 4 is 17.7 Å². The highest BCUT2D eigenvalue weighted by molar-refractivity contribution is 8.00. The zero-order valence-electron chi connectivity index (χ0n) is 19.9. The molecule has 5 rings (SSSR count). The minimum absolute atomic E-state index is 0.0968. The van der Waals surface area contributed by atoms with E-state index in [1.165, 1.54) is 43.5 Å². The van der Waals surface area contributed by atoms with Crippen LogP contribution in [0.3, 0.4) is 0 Å². The van der Waals surface area contributed by atoms with Gasteiger partial charge in [0, 0.05) is 19.1 Å². The molecule has 34 heavy (non-hydrogen) atoms. The number of nitrogens with zero attached hydrogens (tertiary/aromatic N) is 4. The summed E-state index contributed by atoms with van der Waals surface area (Å²) in [6.07, 6.45) is 5.17. The largest absolute Gasteiger partial charge is 0.483 e. The number of para-hydroxylation sites is 1. The van der Waals surface area contributed by atoms with Crippen LogP contribution in [0.25, 0.3) is 0 Å². The van der Waals surface area contributed by atoms with Crippen LogP contribution in [0.5, 0.6) is 5.75 Å². The van der Waals surface area contributed by atoms with E-state index in [2.05, 4.69) is 21.7 Å². The highest BCUT2D eigenvalue weighted by Gasteiger charge is 2.43. The number of halogens is 1. The van der Waals surface area contributed by atoms with Crippen molar-refractivity contribution in [2.24, 2.45) is 17.8 Å². The highest BCUT2D eigenvalue weighted by Crippen LogP contribution is 2.52. The molecule has 0 unspecified atom stereocenters. The number of rotatable bonds is 8. The molecule has 184 valence electrons. The average Bonchev–Trinajstić information content (AvgIpc) is 3.59. The average molecular weight is 489 g/mol. The molecular weight excluding hydrogens is 455 g/mol. The summed E-state index contributed by atoms with van der Waals surface area (Å²) in [5, 5.41) is 9.37. The number of carbonyl (C=O) groups excluding carboxylic acids is 1. The van der Waals surface area contributed by atoms with Crippen molar-refractivity contribution < 1.29 is 18.7 Å². The number of aromatic nitrogens is 3. The molecule has 2 heterocycles. The van der Waals surface area contributed by atoms with Crippen molar-refractivity contribution in [2.45, 2.75) is 62.6 Å². The standard InChI is InChI=1S/C25H33FN4O3S/c1-16(20-14-18-7-8-19(20)13-18)30-23(15-33-22-6-4-3-5-21(22)26)27-28-25(30)34-17(2)24(31)29-9-11-32-12-10-29/h3-6,16-20H,7-15H2,1-2H3/t16-,17-,18+,19+,20-/m0/s1. The molecular formula is C25H33FN4O3S. The molecule has 9 heteroatoms. The molecule has 1 amide bonds. The summed E-state index contributed by atoms with van der Waals surface area (Å²) in [5.41, 5.74) is 0. The Morgan fingerprint density at radius 1 is 1.21 bits per heavy atom. The van der Waals surface area contributed by atoms with Crippen molar-refractivity contribution in [1.82, 2.24) is 19.7 Å². The summed E-state index contributed by atoms with van der Waals surface area (Å²) in [6.45, 7) is 6.71. The number of morpholine rings is 1. The number of carbonyl (C=O) groups is 1. The van der Waals surface area contributed by atoms with Crippen LogP contribution in [0, 0.1) is 23.6 Å². The van der Waals surface area contributed by atoms with Gasteiger partial charge in [0.05, 0.1) is 18.5 Å². The van der Waals surface area contributed by atoms with Crippen LogP contribution >= 0.6 is 11.8 Å². The summed E-state index contributed by atoms with van der Waals surface area (Å²) in [7, 11) is 0. The predicted molar refractivity (Wildman–Crippen MR) is 127 cm³/mol. The van der Waals surface area contributed by atoms with E-state index in [-0.39, 0.29) is 29.6 Å². The smallest absolute Gasteiger partial charge is 0.236 e. The molecule has 0 spiro atoms. The number of ether oxygens (including phenoxy) is 2. The van der Waals surface area contributed by atoms with Crippen molar-refractivity contribution in [3.05, 3.63) is 35.9 Å². The monoisotopic (exact) mass is 488 g/mol. The Morgan fingerprint density at radius 2 is 2.00 bits per heavy atom. The van der Waals surface area contributed by atoms with E-state index in [0.717, 1.165) is 17.0 Å². The normalized spacial score (nSPS) is 26.0. The van der Waals surface area contributed by atoms with Crippen molar-refractivity contribution in [3.63, 3.8) is 0 Å². The Balaban J connectivity index is 1.36. The van der Waals surface area contributed by atoms with Gasteiger partial charge in [-0.25, -0.2) is 4.39 Å². The SMILES string of the molecule is C[C@H](Sc1nnc(COc2ccccc2F)n1[C@@H](C)[C@@H]1C[C@@H]2CC[C@@H]1C2)C(=O)N1CCOCC1. The Hall–Kier alpha value is -2.13. The van der Waals surface area contributed by atoms with Gasteiger partial charge in [-0.1, -0.05) is 30.3 Å². The van der Waals surface area contributed by atoms with Crippen molar-refractivity contribution in [1.29, 1.82) is 0 Å². The Bertz CT molecular complexity index is 1010. The maximum atomic E-state index is 14.1. The predicted octanol–water partition coefficient (Wildman–Crippen LogP) is 4.33. The molecule has 0 N–H and O–H groups in total. The molecule has 1 aliphatic heterocycles. The lowest BCUT2D eigenvalue weighted by Crippen LogP contribution is -2.44. The van der Waals surface area contributed by atoms with Crippen LogP contribution in [-0.2, 0) is 16.1 Å². The first-order valence-electron chi connectivity index (χ1n) is 12.4. The summed E-state index contributed by atoms with van der Waals surface area (Å²) in [4.78, 5) is 14.9. The minimum Gasteiger partial charge on any atom is -0.483 e. The molecule has 1 saturated heterocycles. The van der Waals surface area contributed by atoms with E-state index in [9.17, 15) is 9.18 Å². The van der Waals surface area contributed by atoms with Crippen LogP contribution in [0.4, 0.5) is 4.39 Å². The van der Waals surface area contributed by atoms with E-state index in [1.54, 1.807) is 18.2 Å². The van der Waals surface area contributed by atoms with E-state index in [4.69, 9.17) is 9.47 Å². The van der Waals surface area contributed by atoms with Gasteiger partial charge >= 0.3 is 0 Å². The van der Waals surface area contributed by atoms with Crippen LogP contribution in [0.1, 0.15) is 51.4 Å². The molecule has 2 bridgehead atoms. The first kappa shape index (κ1) is 23.6.